The van der Waals surface area contributed by atoms with Crippen molar-refractivity contribution in [1.29, 1.82) is 0 Å². The van der Waals surface area contributed by atoms with Crippen molar-refractivity contribution < 1.29 is 0 Å². The van der Waals surface area contributed by atoms with E-state index in [0.717, 1.165) is 52.0 Å². The second kappa shape index (κ2) is 9.49. The average molecular weight is 473 g/mol. The van der Waals surface area contributed by atoms with E-state index in [9.17, 15) is 0 Å². The van der Waals surface area contributed by atoms with Gasteiger partial charge in [0.05, 0.1) is 21.4 Å². The standard InChI is InChI=1S/C20H16Cl3N3S.ClH/c21-15-4-2-14(3-5-15)19-18(26-9-10-27-20(26)25-19)12-24-8-7-13-1-6-16(22)17(23)11-13;/h1-6,9-11,24H,7-8,12H2;1H. The molecule has 2 aromatic heterocycles. The van der Waals surface area contributed by atoms with Gasteiger partial charge in [-0.05, 0) is 42.8 Å². The smallest absolute Gasteiger partial charge is 0.194 e. The SMILES string of the molecule is Cl.Clc1ccc(-c2nc3sccn3c2CNCCc2ccc(Cl)c(Cl)c2)cc1. The van der Waals surface area contributed by atoms with Crippen LogP contribution in [0.3, 0.4) is 0 Å². The molecule has 2 aromatic carbocycles. The number of fused-ring (bicyclic) bond motifs is 1. The van der Waals surface area contributed by atoms with Gasteiger partial charge in [0.15, 0.2) is 4.96 Å². The summed E-state index contributed by atoms with van der Waals surface area (Å²) in [6, 6.07) is 13.6. The molecular weight excluding hydrogens is 456 g/mol. The molecule has 8 heteroatoms. The van der Waals surface area contributed by atoms with Crippen molar-refractivity contribution in [3.8, 4) is 11.3 Å². The van der Waals surface area contributed by atoms with Crippen LogP contribution in [0.4, 0.5) is 0 Å². The summed E-state index contributed by atoms with van der Waals surface area (Å²) in [6.45, 7) is 1.55. The molecule has 0 amide bonds. The zero-order chi connectivity index (χ0) is 18.8. The molecule has 0 spiro atoms. The number of halogens is 4. The minimum atomic E-state index is 0. The van der Waals surface area contributed by atoms with E-state index >= 15 is 0 Å². The molecule has 1 N–H and O–H groups in total. The number of imidazole rings is 1. The van der Waals surface area contributed by atoms with Crippen LogP contribution in [-0.2, 0) is 13.0 Å². The molecule has 0 unspecified atom stereocenters. The summed E-state index contributed by atoms with van der Waals surface area (Å²) < 4.78 is 2.14. The molecule has 0 aliphatic heterocycles. The Hall–Kier alpha value is -1.27. The van der Waals surface area contributed by atoms with Gasteiger partial charge >= 0.3 is 0 Å². The van der Waals surface area contributed by atoms with Crippen LogP contribution < -0.4 is 5.32 Å². The summed E-state index contributed by atoms with van der Waals surface area (Å²) in [6.07, 6.45) is 2.93. The predicted molar refractivity (Wildman–Crippen MR) is 123 cm³/mol. The fraction of sp³-hybridized carbons (Fsp3) is 0.150. The maximum Gasteiger partial charge on any atom is 0.194 e. The second-order valence-electron chi connectivity index (χ2n) is 6.14. The maximum absolute atomic E-state index is 6.09. The molecule has 0 atom stereocenters. The summed E-state index contributed by atoms with van der Waals surface area (Å²) >= 11 is 19.7. The molecule has 0 fully saturated rings. The molecule has 4 aromatic rings. The van der Waals surface area contributed by atoms with Crippen LogP contribution in [0.2, 0.25) is 15.1 Å². The maximum atomic E-state index is 6.09. The Bertz CT molecular complexity index is 1070. The van der Waals surface area contributed by atoms with E-state index < -0.39 is 0 Å². The van der Waals surface area contributed by atoms with E-state index in [1.807, 2.05) is 47.8 Å². The summed E-state index contributed by atoms with van der Waals surface area (Å²) in [5, 5.41) is 7.46. The van der Waals surface area contributed by atoms with Crippen molar-refractivity contribution >= 4 is 63.5 Å². The zero-order valence-corrected chi connectivity index (χ0v) is 18.6. The van der Waals surface area contributed by atoms with Crippen LogP contribution in [0.1, 0.15) is 11.3 Å². The van der Waals surface area contributed by atoms with E-state index in [1.54, 1.807) is 11.3 Å². The molecule has 4 rings (SSSR count). The first-order valence-corrected chi connectivity index (χ1v) is 10.5. The number of nitrogens with zero attached hydrogens (tertiary/aromatic N) is 2. The first kappa shape index (κ1) is 21.4. The third-order valence-electron chi connectivity index (χ3n) is 4.35. The Kier molecular flexibility index (Phi) is 7.26. The van der Waals surface area contributed by atoms with Gasteiger partial charge in [0.25, 0.3) is 0 Å². The summed E-state index contributed by atoms with van der Waals surface area (Å²) in [5.41, 5.74) is 4.35. The van der Waals surface area contributed by atoms with Gasteiger partial charge in [-0.2, -0.15) is 0 Å². The highest BCUT2D eigenvalue weighted by atomic mass is 35.5. The summed E-state index contributed by atoms with van der Waals surface area (Å²) in [7, 11) is 0. The number of hydrogen-bond donors (Lipinski definition) is 1. The molecule has 3 nitrogen and oxygen atoms in total. The second-order valence-corrected chi connectivity index (χ2v) is 8.27. The van der Waals surface area contributed by atoms with Crippen molar-refractivity contribution in [2.75, 3.05) is 6.54 Å². The Morgan fingerprint density at radius 1 is 1.00 bits per heavy atom. The topological polar surface area (TPSA) is 29.3 Å². The van der Waals surface area contributed by atoms with Crippen LogP contribution in [-0.4, -0.2) is 15.9 Å². The molecule has 28 heavy (non-hydrogen) atoms. The van der Waals surface area contributed by atoms with Crippen molar-refractivity contribution in [3.63, 3.8) is 0 Å². The van der Waals surface area contributed by atoms with Gasteiger partial charge in [-0.15, -0.1) is 23.7 Å². The van der Waals surface area contributed by atoms with Crippen molar-refractivity contribution in [1.82, 2.24) is 14.7 Å². The number of thiazole rings is 1. The van der Waals surface area contributed by atoms with Gasteiger partial charge < -0.3 is 5.32 Å². The number of nitrogens with one attached hydrogen (secondary N) is 1. The van der Waals surface area contributed by atoms with Crippen LogP contribution in [0.5, 0.6) is 0 Å². The Morgan fingerprint density at radius 3 is 2.54 bits per heavy atom. The van der Waals surface area contributed by atoms with E-state index in [0.29, 0.717) is 10.0 Å². The Balaban J connectivity index is 0.00000225. The highest BCUT2D eigenvalue weighted by Gasteiger charge is 2.14. The third kappa shape index (κ3) is 4.65. The van der Waals surface area contributed by atoms with E-state index in [2.05, 4.69) is 15.9 Å². The highest BCUT2D eigenvalue weighted by Crippen LogP contribution is 2.28. The van der Waals surface area contributed by atoms with Gasteiger partial charge in [-0.25, -0.2) is 4.98 Å². The van der Waals surface area contributed by atoms with Gasteiger partial charge in [-0.1, -0.05) is 53.0 Å². The zero-order valence-electron chi connectivity index (χ0n) is 14.7. The molecule has 0 radical (unpaired) electrons. The lowest BCUT2D eigenvalue weighted by molar-refractivity contribution is 0.673. The van der Waals surface area contributed by atoms with Crippen LogP contribution in [0.15, 0.2) is 54.0 Å². The molecular formula is C20H17Cl4N3S. The predicted octanol–water partition coefficient (Wildman–Crippen LogP) is 6.78. The fourth-order valence-electron chi connectivity index (χ4n) is 2.98. The number of hydrogen-bond acceptors (Lipinski definition) is 3. The van der Waals surface area contributed by atoms with Gasteiger partial charge in [-0.3, -0.25) is 4.40 Å². The number of benzene rings is 2. The van der Waals surface area contributed by atoms with E-state index in [1.165, 1.54) is 0 Å². The quantitative estimate of drug-likeness (QED) is 0.313. The fourth-order valence-corrected chi connectivity index (χ4v) is 4.15. The summed E-state index contributed by atoms with van der Waals surface area (Å²) in [4.78, 5) is 5.78. The van der Waals surface area contributed by atoms with Gasteiger partial charge in [0.1, 0.15) is 0 Å². The molecule has 0 saturated heterocycles. The van der Waals surface area contributed by atoms with Gasteiger partial charge in [0.2, 0.25) is 0 Å². The molecule has 2 heterocycles. The minimum absolute atomic E-state index is 0. The largest absolute Gasteiger partial charge is 0.311 e. The van der Waals surface area contributed by atoms with Gasteiger partial charge in [0, 0.05) is 28.7 Å². The lowest BCUT2D eigenvalue weighted by Gasteiger charge is -2.08. The normalized spacial score (nSPS) is 11.0. The first-order chi connectivity index (χ1) is 13.1. The minimum Gasteiger partial charge on any atom is -0.311 e. The number of rotatable bonds is 6. The highest BCUT2D eigenvalue weighted by molar-refractivity contribution is 7.15. The lowest BCUT2D eigenvalue weighted by atomic mass is 10.1. The van der Waals surface area contributed by atoms with E-state index in [4.69, 9.17) is 39.8 Å². The lowest BCUT2D eigenvalue weighted by Crippen LogP contribution is -2.18. The van der Waals surface area contributed by atoms with E-state index in [-0.39, 0.29) is 12.4 Å². The summed E-state index contributed by atoms with van der Waals surface area (Å²) in [5.74, 6) is 0. The van der Waals surface area contributed by atoms with Crippen LogP contribution in [0, 0.1) is 0 Å². The third-order valence-corrected chi connectivity index (χ3v) is 6.09. The molecule has 0 aliphatic rings. The Labute approximate surface area is 188 Å². The van der Waals surface area contributed by atoms with Crippen LogP contribution in [0.25, 0.3) is 16.2 Å². The Morgan fingerprint density at radius 2 is 1.79 bits per heavy atom. The first-order valence-electron chi connectivity index (χ1n) is 8.47. The van der Waals surface area contributed by atoms with Crippen molar-refractivity contribution in [2.45, 2.75) is 13.0 Å². The molecule has 0 bridgehead atoms. The average Bonchev–Trinajstić information content (AvgIpc) is 3.24. The monoisotopic (exact) mass is 471 g/mol. The van der Waals surface area contributed by atoms with Crippen molar-refractivity contribution in [2.24, 2.45) is 0 Å². The molecule has 0 saturated carbocycles. The molecule has 0 aliphatic carbocycles. The number of aromatic nitrogens is 2. The van der Waals surface area contributed by atoms with Crippen LogP contribution >= 0.6 is 58.5 Å². The molecule has 146 valence electrons. The van der Waals surface area contributed by atoms with Crippen molar-refractivity contribution in [3.05, 3.63) is 80.4 Å².